The third kappa shape index (κ3) is 4.01. The number of β-lactam (4-membered cyclic amide) rings is 1. The normalized spacial score (nSPS) is 21.1. The molecule has 5 rings (SSSR count). The maximum Gasteiger partial charge on any atom is 0.289 e. The molecule has 2 amide bonds. The van der Waals surface area contributed by atoms with E-state index in [9.17, 15) is 9.59 Å². The van der Waals surface area contributed by atoms with Crippen molar-refractivity contribution < 1.29 is 18.7 Å². The lowest BCUT2D eigenvalue weighted by Gasteiger charge is -2.52. The molecule has 2 saturated heterocycles. The smallest absolute Gasteiger partial charge is 0.289 e. The first-order chi connectivity index (χ1) is 16.0. The fraction of sp³-hybridized carbons (Fsp3) is 0.333. The van der Waals surface area contributed by atoms with Gasteiger partial charge in [0, 0.05) is 19.1 Å². The first kappa shape index (κ1) is 21.3. The molecule has 0 unspecified atom stereocenters. The van der Waals surface area contributed by atoms with Crippen LogP contribution >= 0.6 is 0 Å². The maximum absolute atomic E-state index is 13.3. The molecule has 6 heteroatoms. The lowest BCUT2D eigenvalue weighted by molar-refractivity contribution is -0.171. The third-order valence-corrected chi connectivity index (χ3v) is 6.84. The molecule has 2 fully saturated rings. The second-order valence-corrected chi connectivity index (χ2v) is 8.89. The Morgan fingerprint density at radius 1 is 0.970 bits per heavy atom. The second-order valence-electron chi connectivity index (χ2n) is 8.89. The van der Waals surface area contributed by atoms with E-state index in [1.54, 1.807) is 12.1 Å². The fourth-order valence-electron chi connectivity index (χ4n) is 4.84. The van der Waals surface area contributed by atoms with Crippen molar-refractivity contribution in [2.75, 3.05) is 13.1 Å². The lowest BCUT2D eigenvalue weighted by Crippen LogP contribution is -2.65. The Balaban J connectivity index is 1.35. The van der Waals surface area contributed by atoms with E-state index >= 15 is 0 Å². The van der Waals surface area contributed by atoms with E-state index in [0.717, 1.165) is 18.4 Å². The molecule has 2 aromatic carbocycles. The Bertz CT molecular complexity index is 1130. The van der Waals surface area contributed by atoms with E-state index < -0.39 is 6.10 Å². The zero-order valence-electron chi connectivity index (χ0n) is 18.9. The van der Waals surface area contributed by atoms with Crippen LogP contribution in [0.15, 0.2) is 71.3 Å². The van der Waals surface area contributed by atoms with Crippen LogP contribution < -0.4 is 4.74 Å². The molecule has 0 radical (unpaired) electrons. The molecule has 3 heterocycles. The number of hydrogen-bond acceptors (Lipinski definition) is 4. The molecule has 2 atom stereocenters. The summed E-state index contributed by atoms with van der Waals surface area (Å²) in [7, 11) is 0. The SMILES string of the molecule is Cc1ccc([C@@H]2[C@H](Oc3ccccc3)C(=O)N2C2CCN(C(=O)c3ccco3)CC2)cc1C. The molecule has 0 saturated carbocycles. The molecular formula is C27H28N2O4. The Morgan fingerprint density at radius 2 is 1.73 bits per heavy atom. The average Bonchev–Trinajstić information content (AvgIpc) is 3.38. The minimum atomic E-state index is -0.544. The van der Waals surface area contributed by atoms with Crippen LogP contribution in [0.1, 0.15) is 46.1 Å². The van der Waals surface area contributed by atoms with Crippen molar-refractivity contribution in [3.8, 4) is 5.75 Å². The monoisotopic (exact) mass is 444 g/mol. The lowest BCUT2D eigenvalue weighted by atomic mass is 9.85. The number of aryl methyl sites for hydroxylation is 2. The Labute approximate surface area is 193 Å². The largest absolute Gasteiger partial charge is 0.478 e. The predicted molar refractivity (Wildman–Crippen MR) is 124 cm³/mol. The Kier molecular flexibility index (Phi) is 5.67. The van der Waals surface area contributed by atoms with Gasteiger partial charge in [-0.3, -0.25) is 9.59 Å². The van der Waals surface area contributed by atoms with Crippen LogP contribution in [0.2, 0.25) is 0 Å². The van der Waals surface area contributed by atoms with Gasteiger partial charge < -0.3 is 19.0 Å². The number of nitrogens with zero attached hydrogens (tertiary/aromatic N) is 2. The van der Waals surface area contributed by atoms with E-state index in [0.29, 0.717) is 24.6 Å². The molecule has 0 N–H and O–H groups in total. The van der Waals surface area contributed by atoms with Gasteiger partial charge >= 0.3 is 0 Å². The number of amides is 2. The van der Waals surface area contributed by atoms with Crippen molar-refractivity contribution in [3.05, 3.63) is 89.4 Å². The highest BCUT2D eigenvalue weighted by Crippen LogP contribution is 2.42. The van der Waals surface area contributed by atoms with Crippen LogP contribution in [0.5, 0.6) is 5.75 Å². The molecule has 2 aliphatic rings. The second kappa shape index (κ2) is 8.77. The predicted octanol–water partition coefficient (Wildman–Crippen LogP) is 4.53. The highest BCUT2D eigenvalue weighted by Gasteiger charge is 2.53. The maximum atomic E-state index is 13.3. The average molecular weight is 445 g/mol. The van der Waals surface area contributed by atoms with Crippen molar-refractivity contribution >= 4 is 11.8 Å². The number of piperidine rings is 1. The topological polar surface area (TPSA) is 63.0 Å². The summed E-state index contributed by atoms with van der Waals surface area (Å²) in [6.45, 7) is 5.37. The minimum absolute atomic E-state index is 0.0119. The quantitative estimate of drug-likeness (QED) is 0.543. The van der Waals surface area contributed by atoms with Crippen molar-refractivity contribution in [2.24, 2.45) is 0 Å². The van der Waals surface area contributed by atoms with Gasteiger partial charge in [0.05, 0.1) is 6.26 Å². The number of para-hydroxylation sites is 1. The summed E-state index contributed by atoms with van der Waals surface area (Å²) in [6.07, 6.45) is 2.44. The van der Waals surface area contributed by atoms with Gasteiger partial charge in [0.15, 0.2) is 5.76 Å². The summed E-state index contributed by atoms with van der Waals surface area (Å²) in [4.78, 5) is 29.7. The van der Waals surface area contributed by atoms with Gasteiger partial charge in [-0.05, 0) is 67.6 Å². The first-order valence-corrected chi connectivity index (χ1v) is 11.5. The van der Waals surface area contributed by atoms with Crippen molar-refractivity contribution in [1.29, 1.82) is 0 Å². The zero-order valence-corrected chi connectivity index (χ0v) is 18.9. The summed E-state index contributed by atoms with van der Waals surface area (Å²) < 4.78 is 11.4. The van der Waals surface area contributed by atoms with Gasteiger partial charge in [-0.2, -0.15) is 0 Å². The Morgan fingerprint density at radius 3 is 2.39 bits per heavy atom. The van der Waals surface area contributed by atoms with Crippen LogP contribution in [0.4, 0.5) is 0 Å². The molecule has 33 heavy (non-hydrogen) atoms. The van der Waals surface area contributed by atoms with Gasteiger partial charge in [-0.1, -0.05) is 36.4 Å². The zero-order chi connectivity index (χ0) is 22.9. The van der Waals surface area contributed by atoms with Gasteiger partial charge in [-0.15, -0.1) is 0 Å². The van der Waals surface area contributed by atoms with Crippen LogP contribution in [0, 0.1) is 13.8 Å². The van der Waals surface area contributed by atoms with Gasteiger partial charge in [0.1, 0.15) is 11.8 Å². The van der Waals surface area contributed by atoms with Crippen LogP contribution in [-0.4, -0.2) is 46.8 Å². The van der Waals surface area contributed by atoms with E-state index in [1.165, 1.54) is 17.4 Å². The minimum Gasteiger partial charge on any atom is -0.478 e. The summed E-state index contributed by atoms with van der Waals surface area (Å²) >= 11 is 0. The van der Waals surface area contributed by atoms with E-state index in [2.05, 4.69) is 32.0 Å². The summed E-state index contributed by atoms with van der Waals surface area (Å²) in [5.41, 5.74) is 3.51. The van der Waals surface area contributed by atoms with Crippen LogP contribution in [-0.2, 0) is 4.79 Å². The summed E-state index contributed by atoms with van der Waals surface area (Å²) in [5, 5.41) is 0. The summed E-state index contributed by atoms with van der Waals surface area (Å²) in [6, 6.07) is 19.2. The number of benzene rings is 2. The van der Waals surface area contributed by atoms with Gasteiger partial charge in [0.2, 0.25) is 6.10 Å². The molecular weight excluding hydrogens is 416 g/mol. The Hall–Kier alpha value is -3.54. The third-order valence-electron chi connectivity index (χ3n) is 6.84. The van der Waals surface area contributed by atoms with Gasteiger partial charge in [0.25, 0.3) is 11.8 Å². The number of hydrogen-bond donors (Lipinski definition) is 0. The summed E-state index contributed by atoms with van der Waals surface area (Å²) in [5.74, 6) is 0.975. The number of carbonyl (C=O) groups is 2. The number of furan rings is 1. The highest BCUT2D eigenvalue weighted by atomic mass is 16.5. The number of likely N-dealkylation sites (tertiary alicyclic amines) is 2. The number of rotatable bonds is 5. The standard InChI is InChI=1S/C27H28N2O4/c1-18-10-11-20(17-19(18)2)24-25(33-22-7-4-3-5-8-22)27(31)29(24)21-12-14-28(15-13-21)26(30)23-9-6-16-32-23/h3-11,16-17,21,24-25H,12-15H2,1-2H3/t24-,25+/m1/s1. The van der Waals surface area contributed by atoms with Crippen molar-refractivity contribution in [3.63, 3.8) is 0 Å². The molecule has 6 nitrogen and oxygen atoms in total. The van der Waals surface area contributed by atoms with Crippen LogP contribution in [0.3, 0.4) is 0 Å². The molecule has 0 bridgehead atoms. The van der Waals surface area contributed by atoms with E-state index in [1.807, 2.05) is 40.1 Å². The molecule has 2 aliphatic heterocycles. The molecule has 1 aromatic heterocycles. The molecule has 0 spiro atoms. The fourth-order valence-corrected chi connectivity index (χ4v) is 4.84. The number of carbonyl (C=O) groups excluding carboxylic acids is 2. The molecule has 3 aromatic rings. The van der Waals surface area contributed by atoms with Crippen molar-refractivity contribution in [1.82, 2.24) is 9.80 Å². The highest BCUT2D eigenvalue weighted by molar-refractivity contribution is 5.92. The molecule has 170 valence electrons. The van der Waals surface area contributed by atoms with E-state index in [4.69, 9.17) is 9.15 Å². The van der Waals surface area contributed by atoms with Crippen LogP contribution in [0.25, 0.3) is 0 Å². The van der Waals surface area contributed by atoms with Gasteiger partial charge in [-0.25, -0.2) is 0 Å². The molecule has 0 aliphatic carbocycles. The van der Waals surface area contributed by atoms with Crippen molar-refractivity contribution in [2.45, 2.75) is 44.9 Å². The number of ether oxygens (including phenoxy) is 1. The van der Waals surface area contributed by atoms with E-state index in [-0.39, 0.29) is 23.9 Å². The first-order valence-electron chi connectivity index (χ1n) is 11.5.